The molecule has 0 atom stereocenters. The number of anilines is 1. The number of ether oxygens (including phenoxy) is 1. The normalized spacial score (nSPS) is 11.4. The zero-order chi connectivity index (χ0) is 20.8. The quantitative estimate of drug-likeness (QED) is 0.100. The molecule has 2 N–H and O–H groups in total. The van der Waals surface area contributed by atoms with Crippen molar-refractivity contribution >= 4 is 41.4 Å². The summed E-state index contributed by atoms with van der Waals surface area (Å²) in [4.78, 5) is 8.54. The van der Waals surface area contributed by atoms with Crippen molar-refractivity contribution in [1.82, 2.24) is 10.3 Å². The van der Waals surface area contributed by atoms with Gasteiger partial charge in [0.1, 0.15) is 15.9 Å². The van der Waals surface area contributed by atoms with Crippen LogP contribution in [0.1, 0.15) is 5.56 Å². The number of nitrogens with zero attached hydrogens (tertiary/aromatic N) is 2. The molecule has 0 aliphatic heterocycles. The minimum absolute atomic E-state index is 0.316. The minimum Gasteiger partial charge on any atom is -0.497 e. The summed E-state index contributed by atoms with van der Waals surface area (Å²) in [6, 6.07) is 1.68. The second kappa shape index (κ2) is 13.5. The van der Waals surface area contributed by atoms with Crippen LogP contribution in [0.3, 0.4) is 0 Å². The number of rotatable bonds is 12. The molecule has 1 aromatic rings. The van der Waals surface area contributed by atoms with Crippen LogP contribution >= 0.6 is 23.6 Å². The molecule has 0 amide bonds. The van der Waals surface area contributed by atoms with Crippen LogP contribution in [-0.4, -0.2) is 38.6 Å². The summed E-state index contributed by atoms with van der Waals surface area (Å²) >= 11 is 7.16. The van der Waals surface area contributed by atoms with Crippen molar-refractivity contribution in [3.63, 3.8) is 0 Å². The Bertz CT molecular complexity index is 813. The molecule has 0 saturated carbocycles. The van der Waals surface area contributed by atoms with Gasteiger partial charge in [-0.05, 0) is 18.2 Å². The fourth-order valence-electron chi connectivity index (χ4n) is 1.99. The van der Waals surface area contributed by atoms with E-state index in [1.54, 1.807) is 38.8 Å². The summed E-state index contributed by atoms with van der Waals surface area (Å²) in [6.07, 6.45) is 14.0. The fraction of sp³-hybridized carbons (Fsp3) is 0.200. The molecule has 1 rings (SSSR count). The van der Waals surface area contributed by atoms with E-state index < -0.39 is 0 Å². The Morgan fingerprint density at radius 2 is 2.29 bits per heavy atom. The maximum Gasteiger partial charge on any atom is 0.136 e. The van der Waals surface area contributed by atoms with E-state index in [9.17, 15) is 0 Å². The van der Waals surface area contributed by atoms with Gasteiger partial charge in [0, 0.05) is 17.7 Å². The van der Waals surface area contributed by atoms with E-state index in [-0.39, 0.29) is 0 Å². The summed E-state index contributed by atoms with van der Waals surface area (Å²) < 4.78 is 10.3. The van der Waals surface area contributed by atoms with Gasteiger partial charge in [0.05, 0.1) is 44.9 Å². The number of aliphatic imine (C=N–C) groups is 1. The molecule has 0 aliphatic rings. The first kappa shape index (κ1) is 23.4. The van der Waals surface area contributed by atoms with Crippen molar-refractivity contribution in [1.29, 1.82) is 0 Å². The summed E-state index contributed by atoms with van der Waals surface area (Å²) in [7, 11) is 3.14. The van der Waals surface area contributed by atoms with Gasteiger partial charge >= 0.3 is 0 Å². The van der Waals surface area contributed by atoms with Gasteiger partial charge in [0.2, 0.25) is 0 Å². The Morgan fingerprint density at radius 3 is 2.93 bits per heavy atom. The van der Waals surface area contributed by atoms with Crippen molar-refractivity contribution in [2.45, 2.75) is 5.03 Å². The third-order valence-electron chi connectivity index (χ3n) is 3.14. The topological polar surface area (TPSA) is 67.8 Å². The van der Waals surface area contributed by atoms with Gasteiger partial charge in [-0.25, -0.2) is 4.98 Å². The van der Waals surface area contributed by atoms with Crippen LogP contribution in [0.2, 0.25) is 5.15 Å². The minimum atomic E-state index is 0.316. The van der Waals surface area contributed by atoms with Crippen LogP contribution in [0.4, 0.5) is 5.69 Å². The Morgan fingerprint density at radius 1 is 1.50 bits per heavy atom. The first-order chi connectivity index (χ1) is 13.6. The molecule has 8 heteroatoms. The van der Waals surface area contributed by atoms with Gasteiger partial charge in [0.15, 0.2) is 0 Å². The second-order valence-corrected chi connectivity index (χ2v) is 6.28. The predicted molar refractivity (Wildman–Crippen MR) is 119 cm³/mol. The molecule has 0 spiro atoms. The van der Waals surface area contributed by atoms with Crippen molar-refractivity contribution in [2.24, 2.45) is 4.99 Å². The third kappa shape index (κ3) is 7.92. The number of hydrogen-bond acceptors (Lipinski definition) is 6. The van der Waals surface area contributed by atoms with Crippen LogP contribution in [0.25, 0.3) is 5.70 Å². The van der Waals surface area contributed by atoms with Crippen LogP contribution in [-0.2, 0) is 8.92 Å². The highest BCUT2D eigenvalue weighted by Gasteiger charge is 2.15. The van der Waals surface area contributed by atoms with Crippen LogP contribution < -0.4 is 10.6 Å². The molecule has 0 radical (unpaired) electrons. The molecule has 0 bridgehead atoms. The molecule has 148 valence electrons. The Kier molecular flexibility index (Phi) is 11.3. The van der Waals surface area contributed by atoms with Crippen molar-refractivity contribution < 1.29 is 8.92 Å². The van der Waals surface area contributed by atoms with Gasteiger partial charge in [-0.15, -0.1) is 6.42 Å². The number of nitrogens with one attached hydrogen (secondary N) is 2. The molecular weight excluding hydrogens is 396 g/mol. The van der Waals surface area contributed by atoms with Gasteiger partial charge in [-0.3, -0.25) is 4.99 Å². The fourth-order valence-corrected chi connectivity index (χ4v) is 2.85. The number of allylic oxidation sites excluding steroid dienone is 3. The van der Waals surface area contributed by atoms with E-state index in [0.717, 1.165) is 12.0 Å². The molecule has 0 fully saturated rings. The summed E-state index contributed by atoms with van der Waals surface area (Å²) in [5.41, 5.74) is 1.96. The van der Waals surface area contributed by atoms with Crippen LogP contribution in [0, 0.1) is 12.3 Å². The zero-order valence-corrected chi connectivity index (χ0v) is 17.4. The monoisotopic (exact) mass is 418 g/mol. The maximum atomic E-state index is 6.09. The van der Waals surface area contributed by atoms with E-state index in [1.807, 2.05) is 12.2 Å². The number of halogens is 1. The van der Waals surface area contributed by atoms with E-state index in [0.29, 0.717) is 46.0 Å². The average molecular weight is 419 g/mol. The number of terminal acetylenes is 1. The zero-order valence-electron chi connectivity index (χ0n) is 15.9. The average Bonchev–Trinajstić information content (AvgIpc) is 2.67. The molecule has 0 saturated heterocycles. The lowest BCUT2D eigenvalue weighted by molar-refractivity contribution is 0.307. The second-order valence-electron chi connectivity index (χ2n) is 5.01. The largest absolute Gasteiger partial charge is 0.497 e. The number of aromatic nitrogens is 1. The van der Waals surface area contributed by atoms with Crippen molar-refractivity contribution in [2.75, 3.05) is 32.6 Å². The summed E-state index contributed by atoms with van der Waals surface area (Å²) in [5.74, 6) is 3.22. The lowest BCUT2D eigenvalue weighted by atomic mass is 10.2. The number of methoxy groups -OCH3 is 1. The van der Waals surface area contributed by atoms with Gasteiger partial charge in [-0.1, -0.05) is 42.8 Å². The molecule has 6 nitrogen and oxygen atoms in total. The van der Waals surface area contributed by atoms with E-state index in [4.69, 9.17) is 26.9 Å². The summed E-state index contributed by atoms with van der Waals surface area (Å²) in [6.45, 7) is 8.46. The van der Waals surface area contributed by atoms with Crippen LogP contribution in [0.5, 0.6) is 0 Å². The number of hydrogen-bond donors (Lipinski definition) is 2. The molecule has 0 unspecified atom stereocenters. The maximum absolute atomic E-state index is 6.09. The Labute approximate surface area is 175 Å². The highest BCUT2D eigenvalue weighted by atomic mass is 35.5. The molecule has 0 aromatic carbocycles. The van der Waals surface area contributed by atoms with Gasteiger partial charge in [-0.2, -0.15) is 0 Å². The summed E-state index contributed by atoms with van der Waals surface area (Å²) in [5, 5.41) is 7.02. The Hall–Kier alpha value is -2.66. The highest BCUT2D eigenvalue weighted by molar-refractivity contribution is 7.94. The molecule has 0 aliphatic carbocycles. The van der Waals surface area contributed by atoms with E-state index in [2.05, 4.69) is 39.7 Å². The van der Waals surface area contributed by atoms with Crippen LogP contribution in [0.15, 0.2) is 59.3 Å². The molecule has 1 aromatic heterocycles. The third-order valence-corrected chi connectivity index (χ3v) is 3.95. The lowest BCUT2D eigenvalue weighted by Gasteiger charge is -2.16. The van der Waals surface area contributed by atoms with Gasteiger partial charge < -0.3 is 19.6 Å². The van der Waals surface area contributed by atoms with Crippen molar-refractivity contribution in [3.8, 4) is 12.3 Å². The Balaban J connectivity index is 2.87. The SMILES string of the molecule is C#CCNc1cc(Cl)nc(SOC)c1C(=C)NC=NC/C=C\C(=C/C=C)OC. The number of pyridine rings is 1. The first-order valence-corrected chi connectivity index (χ1v) is 9.25. The van der Waals surface area contributed by atoms with E-state index >= 15 is 0 Å². The highest BCUT2D eigenvalue weighted by Crippen LogP contribution is 2.33. The molecular formula is C20H23ClN4O2S. The first-order valence-electron chi connectivity index (χ1n) is 8.13. The van der Waals surface area contributed by atoms with E-state index in [1.165, 1.54) is 0 Å². The lowest BCUT2D eigenvalue weighted by Crippen LogP contribution is -2.13. The molecule has 28 heavy (non-hydrogen) atoms. The standard InChI is InChI=1S/C20H23ClN4O2S/c1-6-9-16(26-4)10-8-12-22-14-24-15(3)19-17(23-11-7-2)13-18(21)25-20(19)28-27-5/h2,6,8-10,13-14H,1,3,11-12H2,4-5H3,(H,22,24)(H,23,25)/b10-8-,16-9+. The predicted octanol–water partition coefficient (Wildman–Crippen LogP) is 4.29. The molecule has 1 heterocycles. The smallest absolute Gasteiger partial charge is 0.136 e. The van der Waals surface area contributed by atoms with Gasteiger partial charge in [0.25, 0.3) is 0 Å². The van der Waals surface area contributed by atoms with Crippen molar-refractivity contribution in [3.05, 3.63) is 60.0 Å².